The van der Waals surface area contributed by atoms with Gasteiger partial charge in [-0.15, -0.1) is 0 Å². The highest BCUT2D eigenvalue weighted by Crippen LogP contribution is 2.25. The molecule has 9 heteroatoms. The summed E-state index contributed by atoms with van der Waals surface area (Å²) in [4.78, 5) is 32.8. The summed E-state index contributed by atoms with van der Waals surface area (Å²) in [6, 6.07) is 14.5. The number of anilines is 1. The largest absolute Gasteiger partial charge is 0.337 e. The first-order valence-corrected chi connectivity index (χ1v) is 14.5. The molecule has 1 aliphatic rings. The van der Waals surface area contributed by atoms with Gasteiger partial charge in [0.15, 0.2) is 0 Å². The second kappa shape index (κ2) is 13.2. The van der Waals surface area contributed by atoms with Gasteiger partial charge in [-0.25, -0.2) is 13.1 Å². The molecular formula is C28H40N4O4S. The zero-order chi connectivity index (χ0) is 27.0. The van der Waals surface area contributed by atoms with Crippen molar-refractivity contribution >= 4 is 27.5 Å². The van der Waals surface area contributed by atoms with Crippen molar-refractivity contribution in [2.45, 2.75) is 51.0 Å². The number of benzene rings is 2. The van der Waals surface area contributed by atoms with Crippen LogP contribution in [0.5, 0.6) is 0 Å². The molecule has 1 aliphatic heterocycles. The summed E-state index contributed by atoms with van der Waals surface area (Å²) in [5.41, 5.74) is 2.76. The van der Waals surface area contributed by atoms with Crippen LogP contribution in [0.25, 0.3) is 0 Å². The lowest BCUT2D eigenvalue weighted by molar-refractivity contribution is -0.132. The fourth-order valence-electron chi connectivity index (χ4n) is 4.51. The van der Waals surface area contributed by atoms with E-state index in [0.29, 0.717) is 38.9 Å². The Morgan fingerprint density at radius 2 is 1.65 bits per heavy atom. The molecule has 3 rings (SSSR count). The lowest BCUT2D eigenvalue weighted by Gasteiger charge is -2.28. The van der Waals surface area contributed by atoms with E-state index in [0.717, 1.165) is 36.3 Å². The van der Waals surface area contributed by atoms with E-state index in [-0.39, 0.29) is 22.6 Å². The quantitative estimate of drug-likeness (QED) is 0.596. The number of nitrogens with zero attached hydrogens (tertiary/aromatic N) is 3. The number of sulfonamides is 1. The van der Waals surface area contributed by atoms with Crippen molar-refractivity contribution in [3.8, 4) is 0 Å². The summed E-state index contributed by atoms with van der Waals surface area (Å²) >= 11 is 0. The minimum absolute atomic E-state index is 0.0365. The average molecular weight is 529 g/mol. The van der Waals surface area contributed by atoms with Crippen LogP contribution < -0.4 is 9.62 Å². The number of carbonyl (C=O) groups is 2. The number of nitrogens with one attached hydrogen (secondary N) is 1. The second-order valence-electron chi connectivity index (χ2n) is 10.1. The Hall–Kier alpha value is -2.75. The monoisotopic (exact) mass is 528 g/mol. The number of aryl methyl sites for hydroxylation is 1. The Balaban J connectivity index is 1.79. The highest BCUT2D eigenvalue weighted by atomic mass is 32.2. The van der Waals surface area contributed by atoms with E-state index in [2.05, 4.69) is 30.5 Å². The molecule has 0 spiro atoms. The van der Waals surface area contributed by atoms with Crippen molar-refractivity contribution in [3.05, 3.63) is 59.7 Å². The molecular weight excluding hydrogens is 488 g/mol. The van der Waals surface area contributed by atoms with Gasteiger partial charge in [0.1, 0.15) is 0 Å². The van der Waals surface area contributed by atoms with Gasteiger partial charge in [-0.2, -0.15) is 0 Å². The third kappa shape index (κ3) is 8.12. The topological polar surface area (TPSA) is 90.0 Å². The van der Waals surface area contributed by atoms with Crippen LogP contribution in [0, 0.1) is 5.92 Å². The highest BCUT2D eigenvalue weighted by molar-refractivity contribution is 7.89. The van der Waals surface area contributed by atoms with Crippen LogP contribution in [0.1, 0.15) is 44.2 Å². The molecule has 2 aromatic rings. The summed E-state index contributed by atoms with van der Waals surface area (Å²) in [6.07, 6.45) is 2.19. The molecule has 2 amide bonds. The standard InChI is InChI=1S/C28H40N4O4S/c1-22(2)20-28(34)32-17-7-16-30(4)18-19-31(21-24-8-5-6-9-26(24)32)27(33)15-12-23-10-13-25(14-11-23)37(35,36)29-3/h5-6,8-11,13-14,22,29H,7,12,15-21H2,1-4H3. The molecule has 8 nitrogen and oxygen atoms in total. The molecule has 37 heavy (non-hydrogen) atoms. The molecule has 0 aliphatic carbocycles. The Bertz CT molecular complexity index is 1160. The molecule has 0 fully saturated rings. The van der Waals surface area contributed by atoms with E-state index in [1.165, 1.54) is 7.05 Å². The second-order valence-corrected chi connectivity index (χ2v) is 12.0. The van der Waals surface area contributed by atoms with E-state index in [9.17, 15) is 18.0 Å². The third-order valence-electron chi connectivity index (χ3n) is 6.68. The molecule has 0 atom stereocenters. The number of hydrogen-bond donors (Lipinski definition) is 1. The maximum absolute atomic E-state index is 13.4. The van der Waals surface area contributed by atoms with Crippen LogP contribution in [-0.4, -0.2) is 70.3 Å². The first kappa shape index (κ1) is 28.8. The SMILES string of the molecule is CNS(=O)(=O)c1ccc(CCC(=O)N2CCN(C)CCCN(C(=O)CC(C)C)c3ccccc3C2)cc1. The minimum Gasteiger partial charge on any atom is -0.337 e. The van der Waals surface area contributed by atoms with Crippen LogP contribution in [0.2, 0.25) is 0 Å². The third-order valence-corrected chi connectivity index (χ3v) is 8.11. The van der Waals surface area contributed by atoms with Gasteiger partial charge in [-0.1, -0.05) is 44.2 Å². The van der Waals surface area contributed by atoms with Gasteiger partial charge >= 0.3 is 0 Å². The van der Waals surface area contributed by atoms with E-state index in [1.54, 1.807) is 24.3 Å². The average Bonchev–Trinajstić information content (AvgIpc) is 2.90. The number of likely N-dealkylation sites (N-methyl/N-ethyl adjacent to an activating group) is 1. The van der Waals surface area contributed by atoms with Gasteiger partial charge in [0.25, 0.3) is 0 Å². The lowest BCUT2D eigenvalue weighted by atomic mass is 10.1. The fourth-order valence-corrected chi connectivity index (χ4v) is 5.24. The van der Waals surface area contributed by atoms with Crippen LogP contribution >= 0.6 is 0 Å². The van der Waals surface area contributed by atoms with Crippen molar-refractivity contribution in [1.29, 1.82) is 0 Å². The van der Waals surface area contributed by atoms with Crippen molar-refractivity contribution in [1.82, 2.24) is 14.5 Å². The van der Waals surface area contributed by atoms with E-state index >= 15 is 0 Å². The van der Waals surface area contributed by atoms with Crippen molar-refractivity contribution < 1.29 is 18.0 Å². The summed E-state index contributed by atoms with van der Waals surface area (Å²) in [5.74, 6) is 0.423. The van der Waals surface area contributed by atoms with E-state index in [4.69, 9.17) is 0 Å². The predicted molar refractivity (Wildman–Crippen MR) is 147 cm³/mol. The van der Waals surface area contributed by atoms with E-state index in [1.807, 2.05) is 34.1 Å². The minimum atomic E-state index is -3.49. The van der Waals surface area contributed by atoms with Gasteiger partial charge in [0, 0.05) is 44.7 Å². The number of carbonyl (C=O) groups excluding carboxylic acids is 2. The van der Waals surface area contributed by atoms with E-state index < -0.39 is 10.0 Å². The van der Waals surface area contributed by atoms with Crippen molar-refractivity contribution in [3.63, 3.8) is 0 Å². The summed E-state index contributed by atoms with van der Waals surface area (Å²) in [7, 11) is -0.0574. The highest BCUT2D eigenvalue weighted by Gasteiger charge is 2.23. The maximum Gasteiger partial charge on any atom is 0.240 e. The molecule has 0 aromatic heterocycles. The molecule has 0 saturated heterocycles. The van der Waals surface area contributed by atoms with Crippen LogP contribution in [0.4, 0.5) is 5.69 Å². The normalized spacial score (nSPS) is 15.8. The fraction of sp³-hybridized carbons (Fsp3) is 0.500. The van der Waals surface area contributed by atoms with Crippen LogP contribution in [-0.2, 0) is 32.6 Å². The van der Waals surface area contributed by atoms with Gasteiger partial charge in [-0.3, -0.25) is 9.59 Å². The van der Waals surface area contributed by atoms with Gasteiger partial charge in [0.2, 0.25) is 21.8 Å². The number of amides is 2. The number of rotatable bonds is 7. The molecule has 0 saturated carbocycles. The smallest absolute Gasteiger partial charge is 0.240 e. The molecule has 0 bridgehead atoms. The molecule has 2 aromatic carbocycles. The Kier molecular flexibility index (Phi) is 10.3. The number of para-hydroxylation sites is 1. The lowest BCUT2D eigenvalue weighted by Crippen LogP contribution is -2.37. The summed E-state index contributed by atoms with van der Waals surface area (Å²) < 4.78 is 26.2. The van der Waals surface area contributed by atoms with Crippen LogP contribution in [0.3, 0.4) is 0 Å². The Morgan fingerprint density at radius 1 is 0.946 bits per heavy atom. The number of fused-ring (bicyclic) bond motifs is 1. The molecule has 1 N–H and O–H groups in total. The zero-order valence-corrected chi connectivity index (χ0v) is 23.3. The van der Waals surface area contributed by atoms with Gasteiger partial charge in [-0.05, 0) is 68.7 Å². The van der Waals surface area contributed by atoms with Crippen molar-refractivity contribution in [2.75, 3.05) is 45.2 Å². The molecule has 1 heterocycles. The Labute approximate surface area is 221 Å². The maximum atomic E-state index is 13.4. The first-order valence-electron chi connectivity index (χ1n) is 13.0. The van der Waals surface area contributed by atoms with Crippen molar-refractivity contribution in [2.24, 2.45) is 5.92 Å². The van der Waals surface area contributed by atoms with Gasteiger partial charge < -0.3 is 14.7 Å². The predicted octanol–water partition coefficient (Wildman–Crippen LogP) is 3.27. The summed E-state index contributed by atoms with van der Waals surface area (Å²) in [6.45, 7) is 7.40. The zero-order valence-electron chi connectivity index (χ0n) is 22.4. The van der Waals surface area contributed by atoms with Crippen LogP contribution in [0.15, 0.2) is 53.4 Å². The molecule has 0 radical (unpaired) electrons. The number of hydrogen-bond acceptors (Lipinski definition) is 5. The molecule has 202 valence electrons. The molecule has 0 unspecified atom stereocenters. The summed E-state index contributed by atoms with van der Waals surface area (Å²) in [5, 5.41) is 0. The Morgan fingerprint density at radius 3 is 2.32 bits per heavy atom. The first-order chi connectivity index (χ1) is 17.6. The van der Waals surface area contributed by atoms with Gasteiger partial charge in [0.05, 0.1) is 4.90 Å².